The molecule has 2 aromatic rings. The van der Waals surface area contributed by atoms with Crippen LogP contribution in [0.25, 0.3) is 11.1 Å². The summed E-state index contributed by atoms with van der Waals surface area (Å²) in [5.41, 5.74) is 7.07. The van der Waals surface area contributed by atoms with Crippen LogP contribution in [0.5, 0.6) is 11.5 Å². The van der Waals surface area contributed by atoms with Crippen molar-refractivity contribution >= 4 is 16.9 Å². The maximum Gasteiger partial charge on any atom is 0.159 e. The Morgan fingerprint density at radius 1 is 0.932 bits per heavy atom. The molecule has 0 saturated carbocycles. The molecule has 0 aliphatic carbocycles. The van der Waals surface area contributed by atoms with Gasteiger partial charge in [0.2, 0.25) is 0 Å². The van der Waals surface area contributed by atoms with Crippen LogP contribution in [0.3, 0.4) is 0 Å². The highest BCUT2D eigenvalue weighted by molar-refractivity contribution is 5.95. The Balaban J connectivity index is 0.000000662. The third-order valence-electron chi connectivity index (χ3n) is 8.13. The molecule has 44 heavy (non-hydrogen) atoms. The van der Waals surface area contributed by atoms with Gasteiger partial charge in [-0.05, 0) is 92.5 Å². The van der Waals surface area contributed by atoms with Gasteiger partial charge in [0.25, 0.3) is 0 Å². The number of methoxy groups -OCH3 is 1. The van der Waals surface area contributed by atoms with E-state index in [-0.39, 0.29) is 11.9 Å². The van der Waals surface area contributed by atoms with Gasteiger partial charge < -0.3 is 18.9 Å². The van der Waals surface area contributed by atoms with E-state index in [9.17, 15) is 10.1 Å². The predicted octanol–water partition coefficient (Wildman–Crippen LogP) is 8.77. The van der Waals surface area contributed by atoms with E-state index in [2.05, 4.69) is 39.5 Å². The van der Waals surface area contributed by atoms with Crippen molar-refractivity contribution in [2.75, 3.05) is 33.5 Å². The Morgan fingerprint density at radius 3 is 2.11 bits per heavy atom. The lowest BCUT2D eigenvalue weighted by Gasteiger charge is -2.24. The number of allylic oxidation sites excluding steroid dienone is 7. The Labute approximate surface area is 263 Å². The maximum atomic E-state index is 11.8. The van der Waals surface area contributed by atoms with E-state index >= 15 is 0 Å². The minimum atomic E-state index is -0.00137. The molecule has 0 aromatic heterocycles. The van der Waals surface area contributed by atoms with Crippen molar-refractivity contribution in [1.29, 1.82) is 5.26 Å². The first-order chi connectivity index (χ1) is 21.2. The summed E-state index contributed by atoms with van der Waals surface area (Å²) in [7, 11) is 1.61. The lowest BCUT2D eigenvalue weighted by molar-refractivity contribution is 0.0254. The molecule has 0 N–H and O–H groups in total. The minimum absolute atomic E-state index is 0.00137. The zero-order valence-electron chi connectivity index (χ0n) is 27.2. The SMILES string of the molecule is C=C\C=C(/C(C)=C(C)/C=C(\C)c1ccc(C(C)=O)cc1OC)c1ccc(OC2CCOCC2)c(C#N)c1.CC1CCOCC1. The van der Waals surface area contributed by atoms with Gasteiger partial charge in [-0.1, -0.05) is 49.9 Å². The van der Waals surface area contributed by atoms with Crippen molar-refractivity contribution in [3.63, 3.8) is 0 Å². The molecule has 2 aliphatic heterocycles. The summed E-state index contributed by atoms with van der Waals surface area (Å²) >= 11 is 0. The molecule has 0 spiro atoms. The summed E-state index contributed by atoms with van der Waals surface area (Å²) in [6.07, 6.45) is 10.1. The Hall–Kier alpha value is -3.92. The monoisotopic (exact) mass is 597 g/mol. The minimum Gasteiger partial charge on any atom is -0.496 e. The van der Waals surface area contributed by atoms with Crippen LogP contribution < -0.4 is 9.47 Å². The summed E-state index contributed by atoms with van der Waals surface area (Å²) in [6.45, 7) is 17.2. The third-order valence-corrected chi connectivity index (χ3v) is 8.13. The average Bonchev–Trinajstić information content (AvgIpc) is 3.04. The average molecular weight is 598 g/mol. The van der Waals surface area contributed by atoms with Crippen LogP contribution >= 0.6 is 0 Å². The molecule has 234 valence electrons. The topological polar surface area (TPSA) is 77.8 Å². The highest BCUT2D eigenvalue weighted by atomic mass is 16.5. The number of carbonyl (C=O) groups excluding carboxylic acids is 1. The van der Waals surface area contributed by atoms with Gasteiger partial charge in [-0.2, -0.15) is 5.26 Å². The van der Waals surface area contributed by atoms with E-state index in [1.165, 1.54) is 12.8 Å². The lowest BCUT2D eigenvalue weighted by Crippen LogP contribution is -2.26. The zero-order valence-corrected chi connectivity index (χ0v) is 27.2. The van der Waals surface area contributed by atoms with Gasteiger partial charge in [0, 0.05) is 37.2 Å². The molecule has 6 nitrogen and oxygen atoms in total. The van der Waals surface area contributed by atoms with Gasteiger partial charge in [-0.25, -0.2) is 0 Å². The second-order valence-corrected chi connectivity index (χ2v) is 11.5. The number of nitriles is 1. The third kappa shape index (κ3) is 9.80. The van der Waals surface area contributed by atoms with Crippen LogP contribution in [0.4, 0.5) is 0 Å². The first-order valence-corrected chi connectivity index (χ1v) is 15.4. The second-order valence-electron chi connectivity index (χ2n) is 11.5. The predicted molar refractivity (Wildman–Crippen MR) is 178 cm³/mol. The van der Waals surface area contributed by atoms with Crippen LogP contribution in [-0.2, 0) is 9.47 Å². The number of Topliss-reactive ketones (excluding diaryl/α,β-unsaturated/α-hetero) is 1. The van der Waals surface area contributed by atoms with Crippen molar-refractivity contribution in [2.45, 2.75) is 66.4 Å². The van der Waals surface area contributed by atoms with Crippen molar-refractivity contribution < 1.29 is 23.7 Å². The van der Waals surface area contributed by atoms with E-state index in [1.54, 1.807) is 26.2 Å². The van der Waals surface area contributed by atoms with E-state index in [0.717, 1.165) is 65.4 Å². The second kappa shape index (κ2) is 17.4. The standard InChI is InChI=1S/C32H35NO4.C6H12O/c1-7-8-30(26-10-12-31(27(18-26)20-33)37-28-13-15-36-16-14-28)23(4)21(2)17-22(3)29-11-9-25(24(5)34)19-32(29)35-6;1-6-2-4-7-5-3-6/h7-12,17-19,28H,1,13-16H2,2-6H3;6H,2-5H2,1H3/b22-17+,23-21+,30-8+;. The van der Waals surface area contributed by atoms with Gasteiger partial charge in [-0.3, -0.25) is 4.79 Å². The molecule has 2 saturated heterocycles. The van der Waals surface area contributed by atoms with Crippen LogP contribution in [0.15, 0.2) is 72.4 Å². The van der Waals surface area contributed by atoms with E-state index < -0.39 is 0 Å². The Bertz CT molecular complexity index is 1430. The van der Waals surface area contributed by atoms with E-state index in [4.69, 9.17) is 18.9 Å². The number of benzene rings is 2. The van der Waals surface area contributed by atoms with Gasteiger partial charge in [0.1, 0.15) is 23.7 Å². The first kappa shape index (κ1) is 34.6. The molecule has 0 amide bonds. The van der Waals surface area contributed by atoms with Crippen LogP contribution in [-0.4, -0.2) is 45.4 Å². The summed E-state index contributed by atoms with van der Waals surface area (Å²) in [6, 6.07) is 13.6. The van der Waals surface area contributed by atoms with Crippen molar-refractivity contribution in [3.8, 4) is 17.6 Å². The molecular formula is C38H47NO5. The van der Waals surface area contributed by atoms with Gasteiger partial charge in [0.05, 0.1) is 25.9 Å². The number of ketones is 1. The Morgan fingerprint density at radius 2 is 1.57 bits per heavy atom. The summed E-state index contributed by atoms with van der Waals surface area (Å²) < 4.78 is 22.2. The fourth-order valence-electron chi connectivity index (χ4n) is 5.19. The molecule has 0 atom stereocenters. The Kier molecular flexibility index (Phi) is 13.7. The largest absolute Gasteiger partial charge is 0.496 e. The normalized spacial score (nSPS) is 17.0. The molecule has 2 aromatic carbocycles. The zero-order chi connectivity index (χ0) is 32.1. The maximum absolute atomic E-state index is 11.8. The molecule has 2 heterocycles. The summed E-state index contributed by atoms with van der Waals surface area (Å²) in [5, 5.41) is 9.83. The van der Waals surface area contributed by atoms with Crippen LogP contribution in [0, 0.1) is 17.2 Å². The molecule has 0 bridgehead atoms. The van der Waals surface area contributed by atoms with Crippen molar-refractivity contribution in [1.82, 2.24) is 0 Å². The number of hydrogen-bond donors (Lipinski definition) is 0. The smallest absolute Gasteiger partial charge is 0.159 e. The highest BCUT2D eigenvalue weighted by Gasteiger charge is 2.18. The van der Waals surface area contributed by atoms with E-state index in [1.807, 2.05) is 43.3 Å². The van der Waals surface area contributed by atoms with Crippen LogP contribution in [0.1, 0.15) is 87.4 Å². The molecule has 4 rings (SSSR count). The van der Waals surface area contributed by atoms with Gasteiger partial charge in [-0.15, -0.1) is 0 Å². The van der Waals surface area contributed by atoms with Gasteiger partial charge in [0.15, 0.2) is 5.78 Å². The molecule has 0 radical (unpaired) electrons. The fourth-order valence-corrected chi connectivity index (χ4v) is 5.19. The van der Waals surface area contributed by atoms with Crippen molar-refractivity contribution in [2.24, 2.45) is 5.92 Å². The molecule has 2 aliphatic rings. The summed E-state index contributed by atoms with van der Waals surface area (Å²) in [4.78, 5) is 11.8. The number of rotatable bonds is 9. The molecule has 6 heteroatoms. The van der Waals surface area contributed by atoms with Gasteiger partial charge >= 0.3 is 0 Å². The molecule has 2 fully saturated rings. The van der Waals surface area contributed by atoms with Crippen molar-refractivity contribution in [3.05, 3.63) is 94.6 Å². The number of hydrogen-bond acceptors (Lipinski definition) is 6. The van der Waals surface area contributed by atoms with Crippen LogP contribution in [0.2, 0.25) is 0 Å². The molecular weight excluding hydrogens is 550 g/mol. The van der Waals surface area contributed by atoms with E-state index in [0.29, 0.717) is 35.8 Å². The molecule has 0 unspecified atom stereocenters. The number of carbonyl (C=O) groups is 1. The lowest BCUT2D eigenvalue weighted by atomic mass is 9.92. The quantitative estimate of drug-likeness (QED) is 0.212. The number of ether oxygens (including phenoxy) is 4. The first-order valence-electron chi connectivity index (χ1n) is 15.4. The fraction of sp³-hybridized carbons (Fsp3) is 0.421. The highest BCUT2D eigenvalue weighted by Crippen LogP contribution is 2.33. The summed E-state index contributed by atoms with van der Waals surface area (Å²) in [5.74, 6) is 2.17. The number of nitrogens with zero attached hydrogens (tertiary/aromatic N) is 1.